The Hall–Kier alpha value is -2.52. The minimum atomic E-state index is 0.417. The number of rotatable bonds is 5. The first-order valence-corrected chi connectivity index (χ1v) is 9.32. The number of aromatic nitrogens is 5. The second-order valence-electron chi connectivity index (χ2n) is 5.30. The number of thiazole rings is 1. The smallest absolute Gasteiger partial charge is 0.277 e. The van der Waals surface area contributed by atoms with Crippen molar-refractivity contribution in [1.29, 1.82) is 0 Å². The molecule has 0 N–H and O–H groups in total. The highest BCUT2D eigenvalue weighted by Crippen LogP contribution is 2.26. The number of aryl methyl sites for hydroxylation is 2. The first kappa shape index (κ1) is 16.0. The van der Waals surface area contributed by atoms with Crippen LogP contribution in [0.4, 0.5) is 0 Å². The number of hydrogen-bond donors (Lipinski definition) is 0. The van der Waals surface area contributed by atoms with Gasteiger partial charge in [-0.1, -0.05) is 34.6 Å². The molecule has 25 heavy (non-hydrogen) atoms. The van der Waals surface area contributed by atoms with E-state index in [9.17, 15) is 0 Å². The minimum Gasteiger partial charge on any atom is -0.410 e. The van der Waals surface area contributed by atoms with Gasteiger partial charge in [-0.05, 0) is 26.0 Å². The molecule has 0 radical (unpaired) electrons. The van der Waals surface area contributed by atoms with Crippen LogP contribution in [0.25, 0.3) is 23.0 Å². The number of hydrogen-bond acceptors (Lipinski definition) is 9. The van der Waals surface area contributed by atoms with Crippen LogP contribution in [-0.2, 0) is 5.75 Å². The van der Waals surface area contributed by atoms with E-state index in [0.717, 1.165) is 10.6 Å². The fourth-order valence-electron chi connectivity index (χ4n) is 2.09. The minimum absolute atomic E-state index is 0.417. The molecule has 7 nitrogen and oxygen atoms in total. The second kappa shape index (κ2) is 6.77. The lowest BCUT2D eigenvalue weighted by Crippen LogP contribution is -1.84. The topological polar surface area (TPSA) is 90.7 Å². The summed E-state index contributed by atoms with van der Waals surface area (Å²) < 4.78 is 10.9. The first-order valence-electron chi connectivity index (χ1n) is 7.46. The molecule has 4 rings (SSSR count). The van der Waals surface area contributed by atoms with Gasteiger partial charge in [-0.3, -0.25) is 0 Å². The van der Waals surface area contributed by atoms with Gasteiger partial charge in [0.1, 0.15) is 5.69 Å². The third kappa shape index (κ3) is 3.62. The van der Waals surface area contributed by atoms with E-state index in [1.54, 1.807) is 11.3 Å². The summed E-state index contributed by atoms with van der Waals surface area (Å²) in [7, 11) is 0. The molecule has 126 valence electrons. The summed E-state index contributed by atoms with van der Waals surface area (Å²) >= 11 is 2.90. The Bertz CT molecular complexity index is 990. The van der Waals surface area contributed by atoms with E-state index in [1.807, 2.05) is 43.5 Å². The quantitative estimate of drug-likeness (QED) is 0.483. The lowest BCUT2D eigenvalue weighted by molar-refractivity contribution is 0.425. The normalized spacial score (nSPS) is 11.1. The van der Waals surface area contributed by atoms with Crippen LogP contribution in [0, 0.1) is 13.8 Å². The Morgan fingerprint density at radius 3 is 2.64 bits per heavy atom. The Labute approximate surface area is 151 Å². The van der Waals surface area contributed by atoms with E-state index in [1.165, 1.54) is 17.3 Å². The molecule has 0 bridgehead atoms. The van der Waals surface area contributed by atoms with Crippen molar-refractivity contribution in [1.82, 2.24) is 25.3 Å². The van der Waals surface area contributed by atoms with E-state index in [0.29, 0.717) is 34.3 Å². The summed E-state index contributed by atoms with van der Waals surface area (Å²) in [6.45, 7) is 3.97. The molecular weight excluding hydrogens is 358 g/mol. The predicted octanol–water partition coefficient (Wildman–Crippen LogP) is 4.15. The molecule has 0 saturated carbocycles. The summed E-state index contributed by atoms with van der Waals surface area (Å²) in [4.78, 5) is 8.72. The lowest BCUT2D eigenvalue weighted by atomic mass is 10.1. The van der Waals surface area contributed by atoms with Crippen molar-refractivity contribution in [3.8, 4) is 23.0 Å². The van der Waals surface area contributed by atoms with Crippen molar-refractivity contribution in [2.75, 3.05) is 0 Å². The Balaban J connectivity index is 1.42. The molecule has 9 heteroatoms. The molecule has 1 aromatic carbocycles. The third-order valence-electron chi connectivity index (χ3n) is 3.34. The van der Waals surface area contributed by atoms with Crippen molar-refractivity contribution in [3.05, 3.63) is 46.0 Å². The van der Waals surface area contributed by atoms with Crippen LogP contribution in [-0.4, -0.2) is 25.3 Å². The molecular formula is C16H13N5O2S2. The van der Waals surface area contributed by atoms with Gasteiger partial charge in [-0.2, -0.15) is 4.98 Å². The predicted molar refractivity (Wildman–Crippen MR) is 94.2 cm³/mol. The van der Waals surface area contributed by atoms with Gasteiger partial charge in [0.25, 0.3) is 17.0 Å². The number of nitrogens with zero attached hydrogens (tertiary/aromatic N) is 5. The van der Waals surface area contributed by atoms with Crippen LogP contribution in [0.2, 0.25) is 0 Å². The molecule has 0 amide bonds. The van der Waals surface area contributed by atoms with Crippen LogP contribution in [0.1, 0.15) is 16.4 Å². The summed E-state index contributed by atoms with van der Waals surface area (Å²) in [5.74, 6) is 1.97. The van der Waals surface area contributed by atoms with Crippen molar-refractivity contribution in [2.45, 2.75) is 24.8 Å². The fraction of sp³-hybridized carbons (Fsp3) is 0.188. The maximum Gasteiger partial charge on any atom is 0.277 e. The van der Waals surface area contributed by atoms with Crippen molar-refractivity contribution >= 4 is 23.1 Å². The molecule has 4 aromatic rings. The maximum absolute atomic E-state index is 5.61. The zero-order valence-electron chi connectivity index (χ0n) is 13.5. The molecule has 0 aliphatic heterocycles. The highest BCUT2D eigenvalue weighted by atomic mass is 32.2. The highest BCUT2D eigenvalue weighted by Gasteiger charge is 2.14. The van der Waals surface area contributed by atoms with Crippen LogP contribution in [0.5, 0.6) is 0 Å². The largest absolute Gasteiger partial charge is 0.410 e. The molecule has 0 fully saturated rings. The standard InChI is InChI=1S/C16H13N5O2S2/c1-9-3-5-11(6-4-9)14-18-13(21-23-14)8-25-16-20-19-15(22-16)12-7-24-10(2)17-12/h3-7H,8H2,1-2H3. The lowest BCUT2D eigenvalue weighted by Gasteiger charge is -1.94. The van der Waals surface area contributed by atoms with Gasteiger partial charge >= 0.3 is 0 Å². The van der Waals surface area contributed by atoms with Gasteiger partial charge < -0.3 is 8.94 Å². The van der Waals surface area contributed by atoms with Gasteiger partial charge in [0.15, 0.2) is 5.82 Å². The van der Waals surface area contributed by atoms with Gasteiger partial charge in [-0.15, -0.1) is 21.5 Å². The molecule has 0 spiro atoms. The summed E-state index contributed by atoms with van der Waals surface area (Å²) in [5.41, 5.74) is 2.78. The molecule has 0 saturated heterocycles. The zero-order valence-corrected chi connectivity index (χ0v) is 15.1. The summed E-state index contributed by atoms with van der Waals surface area (Å²) in [6.07, 6.45) is 0. The molecule has 0 aliphatic rings. The van der Waals surface area contributed by atoms with Crippen molar-refractivity contribution in [3.63, 3.8) is 0 Å². The van der Waals surface area contributed by atoms with Gasteiger partial charge in [0.05, 0.1) is 10.8 Å². The average Bonchev–Trinajstić information content (AvgIpc) is 3.34. The second-order valence-corrected chi connectivity index (χ2v) is 7.28. The van der Waals surface area contributed by atoms with E-state index >= 15 is 0 Å². The molecule has 0 aliphatic carbocycles. The SMILES string of the molecule is Cc1ccc(-c2nc(CSc3nnc(-c4csc(C)n4)o3)no2)cc1. The van der Waals surface area contributed by atoms with Crippen molar-refractivity contribution < 1.29 is 8.94 Å². The van der Waals surface area contributed by atoms with E-state index in [4.69, 9.17) is 8.94 Å². The molecule has 0 unspecified atom stereocenters. The van der Waals surface area contributed by atoms with Crippen LogP contribution in [0.3, 0.4) is 0 Å². The van der Waals surface area contributed by atoms with Gasteiger partial charge in [-0.25, -0.2) is 4.98 Å². The molecule has 0 atom stereocenters. The van der Waals surface area contributed by atoms with E-state index < -0.39 is 0 Å². The zero-order chi connectivity index (χ0) is 17.2. The van der Waals surface area contributed by atoms with Crippen LogP contribution >= 0.6 is 23.1 Å². The molecule has 3 aromatic heterocycles. The van der Waals surface area contributed by atoms with Crippen molar-refractivity contribution in [2.24, 2.45) is 0 Å². The number of thioether (sulfide) groups is 1. The summed E-state index contributed by atoms with van der Waals surface area (Å²) in [5, 5.41) is 15.3. The monoisotopic (exact) mass is 371 g/mol. The third-order valence-corrected chi connectivity index (χ3v) is 4.92. The Kier molecular flexibility index (Phi) is 4.33. The average molecular weight is 371 g/mol. The Morgan fingerprint density at radius 2 is 1.88 bits per heavy atom. The van der Waals surface area contributed by atoms with Gasteiger partial charge in [0.2, 0.25) is 0 Å². The summed E-state index contributed by atoms with van der Waals surface area (Å²) in [6, 6.07) is 7.93. The maximum atomic E-state index is 5.61. The van der Waals surface area contributed by atoms with Gasteiger partial charge in [0, 0.05) is 10.9 Å². The van der Waals surface area contributed by atoms with E-state index in [2.05, 4.69) is 25.3 Å². The fourth-order valence-corrected chi connectivity index (χ4v) is 3.28. The highest BCUT2D eigenvalue weighted by molar-refractivity contribution is 7.98. The van der Waals surface area contributed by atoms with Crippen LogP contribution < -0.4 is 0 Å². The van der Waals surface area contributed by atoms with Crippen LogP contribution in [0.15, 0.2) is 43.8 Å². The molecule has 3 heterocycles. The number of benzene rings is 1. The Morgan fingerprint density at radius 1 is 1.04 bits per heavy atom. The van der Waals surface area contributed by atoms with E-state index in [-0.39, 0.29) is 0 Å². The first-order chi connectivity index (χ1) is 12.2.